The van der Waals surface area contributed by atoms with Gasteiger partial charge in [-0.2, -0.15) is 0 Å². The van der Waals surface area contributed by atoms with Crippen molar-refractivity contribution in [1.82, 2.24) is 10.2 Å². The van der Waals surface area contributed by atoms with Gasteiger partial charge in [-0.25, -0.2) is 0 Å². The van der Waals surface area contributed by atoms with E-state index in [9.17, 15) is 4.79 Å². The Kier molecular flexibility index (Phi) is 5.87. The van der Waals surface area contributed by atoms with Crippen LogP contribution in [-0.2, 0) is 6.42 Å². The molecule has 1 atom stereocenters. The molecule has 1 aliphatic heterocycles. The van der Waals surface area contributed by atoms with Crippen molar-refractivity contribution in [3.63, 3.8) is 0 Å². The predicted octanol–water partition coefficient (Wildman–Crippen LogP) is 4.12. The predicted molar refractivity (Wildman–Crippen MR) is 103 cm³/mol. The lowest BCUT2D eigenvalue weighted by atomic mass is 10.0. The molecule has 1 heterocycles. The van der Waals surface area contributed by atoms with Crippen molar-refractivity contribution in [2.45, 2.75) is 39.2 Å². The van der Waals surface area contributed by atoms with E-state index in [4.69, 9.17) is 0 Å². The van der Waals surface area contributed by atoms with Gasteiger partial charge in [0.1, 0.15) is 0 Å². The van der Waals surface area contributed by atoms with Crippen LogP contribution in [0.15, 0.2) is 48.5 Å². The van der Waals surface area contributed by atoms with Gasteiger partial charge in [0.2, 0.25) is 0 Å². The van der Waals surface area contributed by atoms with Crippen LogP contribution in [0.3, 0.4) is 0 Å². The second kappa shape index (κ2) is 8.30. The Bertz CT molecular complexity index is 702. The van der Waals surface area contributed by atoms with Crippen molar-refractivity contribution in [2.24, 2.45) is 0 Å². The molecule has 0 unspecified atom stereocenters. The van der Waals surface area contributed by atoms with Crippen molar-refractivity contribution >= 4 is 5.91 Å². The first-order valence-corrected chi connectivity index (χ1v) is 9.35. The molecule has 0 saturated carbocycles. The lowest BCUT2D eigenvalue weighted by Gasteiger charge is -2.28. The number of nitrogens with zero attached hydrogens (tertiary/aromatic N) is 1. The highest BCUT2D eigenvalue weighted by atomic mass is 16.1. The number of rotatable bonds is 6. The van der Waals surface area contributed by atoms with Crippen LogP contribution in [0.1, 0.15) is 52.9 Å². The molecule has 1 saturated heterocycles. The molecule has 0 bridgehead atoms. The maximum atomic E-state index is 12.6. The Morgan fingerprint density at radius 1 is 1.08 bits per heavy atom. The fourth-order valence-electron chi connectivity index (χ4n) is 3.60. The maximum Gasteiger partial charge on any atom is 0.251 e. The zero-order chi connectivity index (χ0) is 17.6. The Labute approximate surface area is 151 Å². The zero-order valence-electron chi connectivity index (χ0n) is 15.3. The van der Waals surface area contributed by atoms with Crippen LogP contribution >= 0.6 is 0 Å². The van der Waals surface area contributed by atoms with E-state index in [1.165, 1.54) is 24.0 Å². The Morgan fingerprint density at radius 3 is 2.40 bits per heavy atom. The van der Waals surface area contributed by atoms with Crippen molar-refractivity contribution in [3.8, 4) is 0 Å². The highest BCUT2D eigenvalue weighted by Crippen LogP contribution is 2.25. The summed E-state index contributed by atoms with van der Waals surface area (Å²) in [7, 11) is 0. The number of carbonyl (C=O) groups excluding carboxylic acids is 1. The van der Waals surface area contributed by atoms with Gasteiger partial charge >= 0.3 is 0 Å². The summed E-state index contributed by atoms with van der Waals surface area (Å²) in [5, 5.41) is 3.16. The minimum Gasteiger partial charge on any atom is -0.350 e. The third-order valence-electron chi connectivity index (χ3n) is 5.20. The molecule has 0 aliphatic carbocycles. The van der Waals surface area contributed by atoms with E-state index in [-0.39, 0.29) is 11.9 Å². The average molecular weight is 336 g/mol. The van der Waals surface area contributed by atoms with Crippen molar-refractivity contribution in [1.29, 1.82) is 0 Å². The number of nitrogens with one attached hydrogen (secondary N) is 1. The van der Waals surface area contributed by atoms with Crippen LogP contribution in [0.25, 0.3) is 0 Å². The van der Waals surface area contributed by atoms with Crippen LogP contribution in [0.2, 0.25) is 0 Å². The summed E-state index contributed by atoms with van der Waals surface area (Å²) >= 11 is 0. The van der Waals surface area contributed by atoms with Gasteiger partial charge in [-0.1, -0.05) is 49.4 Å². The highest BCUT2D eigenvalue weighted by molar-refractivity contribution is 5.95. The first-order valence-electron chi connectivity index (χ1n) is 9.35. The van der Waals surface area contributed by atoms with Crippen LogP contribution in [0, 0.1) is 6.92 Å². The van der Waals surface area contributed by atoms with Gasteiger partial charge in [-0.05, 0) is 62.0 Å². The van der Waals surface area contributed by atoms with Crippen LogP contribution < -0.4 is 5.32 Å². The topological polar surface area (TPSA) is 32.3 Å². The highest BCUT2D eigenvalue weighted by Gasteiger charge is 2.24. The summed E-state index contributed by atoms with van der Waals surface area (Å²) in [4.78, 5) is 15.1. The second-order valence-corrected chi connectivity index (χ2v) is 6.88. The first kappa shape index (κ1) is 17.7. The molecule has 1 amide bonds. The minimum atomic E-state index is 0.0208. The van der Waals surface area contributed by atoms with Crippen LogP contribution in [0.5, 0.6) is 0 Å². The fourth-order valence-corrected chi connectivity index (χ4v) is 3.60. The largest absolute Gasteiger partial charge is 0.350 e. The minimum absolute atomic E-state index is 0.0208. The van der Waals surface area contributed by atoms with Gasteiger partial charge in [0, 0.05) is 12.1 Å². The fraction of sp³-hybridized carbons (Fsp3) is 0.409. The normalized spacial score (nSPS) is 15.9. The summed E-state index contributed by atoms with van der Waals surface area (Å²) < 4.78 is 0. The molecule has 0 radical (unpaired) electrons. The van der Waals surface area contributed by atoms with E-state index in [1.54, 1.807) is 0 Å². The number of hydrogen-bond acceptors (Lipinski definition) is 2. The molecule has 2 aromatic carbocycles. The lowest BCUT2D eigenvalue weighted by Crippen LogP contribution is -2.37. The molecule has 2 aromatic rings. The molecule has 3 rings (SSSR count). The van der Waals surface area contributed by atoms with Gasteiger partial charge < -0.3 is 5.32 Å². The van der Waals surface area contributed by atoms with E-state index >= 15 is 0 Å². The van der Waals surface area contributed by atoms with E-state index in [0.29, 0.717) is 6.54 Å². The molecule has 1 fully saturated rings. The number of likely N-dealkylation sites (tertiary alicyclic amines) is 1. The second-order valence-electron chi connectivity index (χ2n) is 6.88. The van der Waals surface area contributed by atoms with Crippen molar-refractivity contribution in [3.05, 3.63) is 70.8 Å². The number of benzene rings is 2. The van der Waals surface area contributed by atoms with Gasteiger partial charge in [0.05, 0.1) is 6.04 Å². The molecule has 3 nitrogen and oxygen atoms in total. The molecule has 1 aliphatic rings. The standard InChI is InChI=1S/C22H28N2O/c1-3-18-10-12-19(13-11-18)21(24-14-6-7-15-24)16-23-22(25)20-9-5-4-8-17(20)2/h4-5,8-13,21H,3,6-7,14-16H2,1-2H3,(H,23,25)/t21-/m0/s1. The maximum absolute atomic E-state index is 12.6. The summed E-state index contributed by atoms with van der Waals surface area (Å²) in [6.45, 7) is 7.03. The van der Waals surface area contributed by atoms with Crippen molar-refractivity contribution in [2.75, 3.05) is 19.6 Å². The molecule has 0 aromatic heterocycles. The third kappa shape index (κ3) is 4.29. The Morgan fingerprint density at radius 2 is 1.76 bits per heavy atom. The van der Waals surface area contributed by atoms with E-state index in [0.717, 1.165) is 30.6 Å². The summed E-state index contributed by atoms with van der Waals surface area (Å²) in [6, 6.07) is 16.9. The molecule has 0 spiro atoms. The third-order valence-corrected chi connectivity index (χ3v) is 5.20. The lowest BCUT2D eigenvalue weighted by molar-refractivity contribution is 0.0937. The Balaban J connectivity index is 1.73. The molecule has 25 heavy (non-hydrogen) atoms. The van der Waals surface area contributed by atoms with Gasteiger partial charge in [0.15, 0.2) is 0 Å². The molecule has 3 heteroatoms. The summed E-state index contributed by atoms with van der Waals surface area (Å²) in [5.74, 6) is 0.0208. The van der Waals surface area contributed by atoms with Gasteiger partial charge in [0.25, 0.3) is 5.91 Å². The quantitative estimate of drug-likeness (QED) is 0.860. The number of aryl methyl sites for hydroxylation is 2. The van der Waals surface area contributed by atoms with Gasteiger partial charge in [-0.15, -0.1) is 0 Å². The summed E-state index contributed by atoms with van der Waals surface area (Å²) in [6.07, 6.45) is 3.54. The molecular weight excluding hydrogens is 308 g/mol. The smallest absolute Gasteiger partial charge is 0.251 e. The molecule has 1 N–H and O–H groups in total. The van der Waals surface area contributed by atoms with E-state index in [2.05, 4.69) is 41.4 Å². The Hall–Kier alpha value is -2.13. The summed E-state index contributed by atoms with van der Waals surface area (Å²) in [5.41, 5.74) is 4.44. The first-order chi connectivity index (χ1) is 12.2. The molecule has 132 valence electrons. The zero-order valence-corrected chi connectivity index (χ0v) is 15.3. The van der Waals surface area contributed by atoms with Gasteiger partial charge in [-0.3, -0.25) is 9.69 Å². The van der Waals surface area contributed by atoms with E-state index < -0.39 is 0 Å². The van der Waals surface area contributed by atoms with Crippen molar-refractivity contribution < 1.29 is 4.79 Å². The SMILES string of the molecule is CCc1ccc([C@H](CNC(=O)c2ccccc2C)N2CCCC2)cc1. The number of carbonyl (C=O) groups is 1. The number of amides is 1. The van der Waals surface area contributed by atoms with E-state index in [1.807, 2.05) is 31.2 Å². The number of hydrogen-bond donors (Lipinski definition) is 1. The van der Waals surface area contributed by atoms with Crippen LogP contribution in [0.4, 0.5) is 0 Å². The molecular formula is C22H28N2O. The van der Waals surface area contributed by atoms with Crippen LogP contribution in [-0.4, -0.2) is 30.4 Å². The monoisotopic (exact) mass is 336 g/mol. The average Bonchev–Trinajstić information content (AvgIpc) is 3.17.